The molecule has 1 aromatic carbocycles. The summed E-state index contributed by atoms with van der Waals surface area (Å²) in [6.45, 7) is 5.70. The van der Waals surface area contributed by atoms with E-state index in [9.17, 15) is 4.79 Å². The van der Waals surface area contributed by atoms with Crippen LogP contribution in [0.5, 0.6) is 0 Å². The summed E-state index contributed by atoms with van der Waals surface area (Å²) in [6, 6.07) is 11.1. The summed E-state index contributed by atoms with van der Waals surface area (Å²) in [4.78, 5) is 26.9. The molecule has 206 valence electrons. The second kappa shape index (κ2) is 10.4. The number of amides is 1. The molecule has 0 bridgehead atoms. The summed E-state index contributed by atoms with van der Waals surface area (Å²) in [6.07, 6.45) is 12.4. The second-order valence-electron chi connectivity index (χ2n) is 10.3. The molecule has 0 atom stereocenters. The molecule has 0 aliphatic heterocycles. The van der Waals surface area contributed by atoms with E-state index in [0.717, 1.165) is 33.1 Å². The quantitative estimate of drug-likeness (QED) is 0.266. The molecule has 12 heteroatoms. The first kappa shape index (κ1) is 26.1. The summed E-state index contributed by atoms with van der Waals surface area (Å²) in [7, 11) is 1.88. The van der Waals surface area contributed by atoms with E-state index >= 15 is 0 Å². The van der Waals surface area contributed by atoms with Crippen molar-refractivity contribution in [2.45, 2.75) is 32.9 Å². The van der Waals surface area contributed by atoms with Gasteiger partial charge in [0.1, 0.15) is 11.3 Å². The number of carbonyl (C=O) groups is 1. The van der Waals surface area contributed by atoms with E-state index in [-0.39, 0.29) is 6.54 Å². The number of rotatable bonds is 7. The van der Waals surface area contributed by atoms with Gasteiger partial charge in [0.2, 0.25) is 0 Å². The maximum Gasteiger partial charge on any atom is 0.407 e. The monoisotopic (exact) mass is 565 g/mol. The zero-order valence-electron chi connectivity index (χ0n) is 22.9. The molecule has 2 N–H and O–H groups in total. The molecule has 0 unspecified atom stereocenters. The zero-order valence-corrected chi connectivity index (χ0v) is 23.7. The lowest BCUT2D eigenvalue weighted by molar-refractivity contribution is 0.0523. The average Bonchev–Trinajstić information content (AvgIpc) is 3.74. The molecule has 5 aromatic heterocycles. The van der Waals surface area contributed by atoms with Crippen molar-refractivity contribution in [3.8, 4) is 27.5 Å². The average molecular weight is 566 g/mol. The van der Waals surface area contributed by atoms with Gasteiger partial charge in [-0.1, -0.05) is 17.4 Å². The molecule has 11 nitrogen and oxygen atoms in total. The fraction of sp³-hybridized carbons (Fsp3) is 0.207. The molecule has 41 heavy (non-hydrogen) atoms. The maximum atomic E-state index is 12.3. The number of ether oxygens (including phenoxy) is 1. The van der Waals surface area contributed by atoms with Crippen LogP contribution >= 0.6 is 11.3 Å². The molecule has 0 saturated carbocycles. The fourth-order valence-electron chi connectivity index (χ4n) is 4.28. The molecule has 0 spiro atoms. The van der Waals surface area contributed by atoms with Crippen LogP contribution in [0.2, 0.25) is 0 Å². The van der Waals surface area contributed by atoms with E-state index in [4.69, 9.17) is 14.7 Å². The predicted molar refractivity (Wildman–Crippen MR) is 156 cm³/mol. The first-order valence-electron chi connectivity index (χ1n) is 12.8. The van der Waals surface area contributed by atoms with Crippen molar-refractivity contribution in [3.63, 3.8) is 0 Å². The van der Waals surface area contributed by atoms with Crippen LogP contribution in [0.15, 0.2) is 67.8 Å². The van der Waals surface area contributed by atoms with Crippen LogP contribution in [0.1, 0.15) is 26.3 Å². The van der Waals surface area contributed by atoms with Gasteiger partial charge < -0.3 is 19.9 Å². The van der Waals surface area contributed by atoms with E-state index < -0.39 is 11.7 Å². The number of carbonyl (C=O) groups excluding carboxylic acids is 1. The molecule has 1 amide bonds. The largest absolute Gasteiger partial charge is 0.444 e. The van der Waals surface area contributed by atoms with Gasteiger partial charge >= 0.3 is 6.09 Å². The molecule has 0 saturated heterocycles. The normalized spacial score (nSPS) is 11.4. The van der Waals surface area contributed by atoms with Crippen molar-refractivity contribution in [2.24, 2.45) is 7.05 Å². The van der Waals surface area contributed by atoms with E-state index in [1.807, 2.05) is 85.8 Å². The minimum Gasteiger partial charge on any atom is -0.444 e. The zero-order chi connectivity index (χ0) is 28.6. The molecule has 0 aliphatic rings. The van der Waals surface area contributed by atoms with Gasteiger partial charge in [0.05, 0.1) is 35.8 Å². The Balaban J connectivity index is 1.37. The van der Waals surface area contributed by atoms with Crippen LogP contribution in [-0.4, -0.2) is 45.4 Å². The summed E-state index contributed by atoms with van der Waals surface area (Å²) in [5.74, 6) is 0.576. The van der Waals surface area contributed by atoms with Gasteiger partial charge in [-0.15, -0.1) is 0 Å². The van der Waals surface area contributed by atoms with Crippen molar-refractivity contribution < 1.29 is 9.53 Å². The highest BCUT2D eigenvalue weighted by Crippen LogP contribution is 2.32. The standard InChI is InChI=1S/C29H27N9O2S/c1-29(2,3)40-28(39)32-13-19-9-12-41-25(19)23-17-38-24(20-14-33-36(4)16-20)15-31-27(38)26(35-23)34-21-5-7-22(8-6-21)37-11-10-30-18-37/h5-8,10-11,14-18H,13H2,1-4H3,(H,32,39)(H,34,35). The van der Waals surface area contributed by atoms with Crippen molar-refractivity contribution in [2.75, 3.05) is 5.32 Å². The molecular formula is C29H27N9O2S. The minimum absolute atomic E-state index is 0.224. The molecule has 6 rings (SSSR count). The lowest BCUT2D eigenvalue weighted by Crippen LogP contribution is -2.32. The Labute approximate surface area is 240 Å². The van der Waals surface area contributed by atoms with Gasteiger partial charge in [0.25, 0.3) is 0 Å². The third kappa shape index (κ3) is 5.61. The van der Waals surface area contributed by atoms with Gasteiger partial charge in [-0.05, 0) is 50.4 Å². The predicted octanol–water partition coefficient (Wildman–Crippen LogP) is 5.41. The molecule has 6 aromatic rings. The number of imidazole rings is 2. The Kier molecular flexibility index (Phi) is 6.64. The van der Waals surface area contributed by atoms with E-state index in [1.165, 1.54) is 11.3 Å². The lowest BCUT2D eigenvalue weighted by Gasteiger charge is -2.19. The Morgan fingerprint density at radius 1 is 1.15 bits per heavy atom. The second-order valence-corrected chi connectivity index (χ2v) is 11.2. The number of aromatic nitrogens is 7. The SMILES string of the molecule is Cn1cc(-c2cnc3c(Nc4ccc(-n5ccnc5)cc4)nc(-c4sc#cc4CNC(=O)OC(C)(C)C)cn23)cn1. The molecule has 0 aliphatic carbocycles. The van der Waals surface area contributed by atoms with E-state index in [0.29, 0.717) is 17.2 Å². The van der Waals surface area contributed by atoms with Crippen molar-refractivity contribution in [1.82, 2.24) is 39.0 Å². The molecule has 0 radical (unpaired) electrons. The first-order chi connectivity index (χ1) is 19.7. The molecule has 0 fully saturated rings. The van der Waals surface area contributed by atoms with Crippen LogP contribution in [0.25, 0.3) is 33.2 Å². The smallest absolute Gasteiger partial charge is 0.407 e. The Morgan fingerprint density at radius 2 is 1.98 bits per heavy atom. The highest BCUT2D eigenvalue weighted by atomic mass is 32.1. The number of fused-ring (bicyclic) bond motifs is 1. The van der Waals surface area contributed by atoms with Crippen molar-refractivity contribution in [1.29, 1.82) is 0 Å². The number of hydrogen-bond acceptors (Lipinski definition) is 8. The molecule has 5 heterocycles. The maximum absolute atomic E-state index is 12.3. The van der Waals surface area contributed by atoms with Crippen molar-refractivity contribution >= 4 is 34.6 Å². The summed E-state index contributed by atoms with van der Waals surface area (Å²) in [5, 5.41) is 13.6. The minimum atomic E-state index is -0.592. The number of benzene rings is 1. The molecular weight excluding hydrogens is 538 g/mol. The lowest BCUT2D eigenvalue weighted by atomic mass is 10.2. The van der Waals surface area contributed by atoms with Crippen LogP contribution in [-0.2, 0) is 18.3 Å². The number of nitrogens with zero attached hydrogens (tertiary/aromatic N) is 7. The fourth-order valence-corrected chi connectivity index (χ4v) is 5.00. The summed E-state index contributed by atoms with van der Waals surface area (Å²) >= 11 is 1.38. The third-order valence-corrected chi connectivity index (χ3v) is 6.96. The van der Waals surface area contributed by atoms with Gasteiger partial charge in [-0.3, -0.25) is 9.08 Å². The Morgan fingerprint density at radius 3 is 2.68 bits per heavy atom. The topological polar surface area (TPSA) is 116 Å². The van der Waals surface area contributed by atoms with E-state index in [2.05, 4.69) is 32.2 Å². The Bertz CT molecular complexity index is 1810. The van der Waals surface area contributed by atoms with Crippen LogP contribution in [0.3, 0.4) is 0 Å². The van der Waals surface area contributed by atoms with Gasteiger partial charge in [0.15, 0.2) is 11.5 Å². The highest BCUT2D eigenvalue weighted by molar-refractivity contribution is 7.12. The summed E-state index contributed by atoms with van der Waals surface area (Å²) in [5.41, 5.74) is 5.13. The number of aryl methyl sites for hydroxylation is 1. The van der Waals surface area contributed by atoms with Gasteiger partial charge in [-0.25, -0.2) is 19.7 Å². The number of anilines is 2. The summed E-state index contributed by atoms with van der Waals surface area (Å²) < 4.78 is 11.1. The highest BCUT2D eigenvalue weighted by Gasteiger charge is 2.19. The van der Waals surface area contributed by atoms with Crippen molar-refractivity contribution in [3.05, 3.63) is 84.8 Å². The first-order valence-corrected chi connectivity index (χ1v) is 13.7. The van der Waals surface area contributed by atoms with Gasteiger partial charge in [0, 0.05) is 54.3 Å². The number of nitrogens with one attached hydrogen (secondary N) is 2. The van der Waals surface area contributed by atoms with E-state index in [1.54, 1.807) is 23.4 Å². The third-order valence-electron chi connectivity index (χ3n) is 6.10. The van der Waals surface area contributed by atoms with Crippen LogP contribution < -0.4 is 10.6 Å². The van der Waals surface area contributed by atoms with Gasteiger partial charge in [-0.2, -0.15) is 5.10 Å². The Hall–Kier alpha value is -5.15. The number of hydrogen-bond donors (Lipinski definition) is 2. The van der Waals surface area contributed by atoms with Crippen LogP contribution in [0, 0.1) is 11.4 Å². The number of alkyl carbamates (subject to hydrolysis) is 1. The van der Waals surface area contributed by atoms with Crippen LogP contribution in [0.4, 0.5) is 16.3 Å².